The Morgan fingerprint density at radius 2 is 2.00 bits per heavy atom. The van der Waals surface area contributed by atoms with Gasteiger partial charge in [-0.3, -0.25) is 4.79 Å². The normalized spacial score (nSPS) is 12.7. The van der Waals surface area contributed by atoms with Gasteiger partial charge in [0.05, 0.1) is 0 Å². The zero-order valence-electron chi connectivity index (χ0n) is 13.1. The number of fused-ring (bicyclic) bond motifs is 1. The Hall–Kier alpha value is -1.61. The van der Waals surface area contributed by atoms with E-state index >= 15 is 0 Å². The average molecular weight is 286 g/mol. The third-order valence-corrected chi connectivity index (χ3v) is 4.01. The van der Waals surface area contributed by atoms with Crippen molar-refractivity contribution in [2.45, 2.75) is 52.1 Å². The summed E-state index contributed by atoms with van der Waals surface area (Å²) in [4.78, 5) is 12.4. The molecule has 0 radical (unpaired) electrons. The smallest absolute Gasteiger partial charge is 0.258 e. The molecule has 1 unspecified atom stereocenters. The van der Waals surface area contributed by atoms with E-state index in [1.54, 1.807) is 0 Å². The number of rotatable bonds is 8. The van der Waals surface area contributed by atoms with Gasteiger partial charge in [-0.15, -0.1) is 0 Å². The van der Waals surface area contributed by atoms with Crippen LogP contribution in [0.25, 0.3) is 10.8 Å². The first kappa shape index (κ1) is 15.8. The number of hydrogen-bond acceptors (Lipinski definition) is 2. The third kappa shape index (κ3) is 4.18. The van der Waals surface area contributed by atoms with Gasteiger partial charge in [0.25, 0.3) is 5.56 Å². The zero-order chi connectivity index (χ0) is 15.1. The van der Waals surface area contributed by atoms with Gasteiger partial charge in [-0.1, -0.05) is 32.0 Å². The molecule has 0 saturated heterocycles. The molecular formula is C18H26N2O. The van der Waals surface area contributed by atoms with E-state index in [9.17, 15) is 4.79 Å². The van der Waals surface area contributed by atoms with Gasteiger partial charge < -0.3 is 9.88 Å². The van der Waals surface area contributed by atoms with E-state index in [2.05, 4.69) is 19.2 Å². The molecule has 0 saturated carbocycles. The van der Waals surface area contributed by atoms with E-state index in [1.165, 1.54) is 6.42 Å². The van der Waals surface area contributed by atoms with Crippen molar-refractivity contribution in [3.8, 4) is 0 Å². The first-order chi connectivity index (χ1) is 10.3. The lowest BCUT2D eigenvalue weighted by Gasteiger charge is -2.16. The van der Waals surface area contributed by atoms with E-state index in [4.69, 9.17) is 0 Å². The number of aromatic nitrogens is 1. The summed E-state index contributed by atoms with van der Waals surface area (Å²) in [7, 11) is 0. The number of hydrogen-bond donors (Lipinski definition) is 1. The molecule has 0 aliphatic rings. The summed E-state index contributed by atoms with van der Waals surface area (Å²) in [5.74, 6) is 0. The van der Waals surface area contributed by atoms with Crippen LogP contribution in [0.1, 0.15) is 39.5 Å². The lowest BCUT2D eigenvalue weighted by molar-refractivity contribution is 0.438. The summed E-state index contributed by atoms with van der Waals surface area (Å²) in [5.41, 5.74) is 0.127. The molecular weight excluding hydrogens is 260 g/mol. The highest BCUT2D eigenvalue weighted by molar-refractivity contribution is 5.81. The minimum Gasteiger partial charge on any atom is -0.315 e. The Morgan fingerprint density at radius 1 is 1.19 bits per heavy atom. The van der Waals surface area contributed by atoms with Crippen molar-refractivity contribution in [3.05, 3.63) is 46.9 Å². The second-order valence-corrected chi connectivity index (χ2v) is 5.60. The number of nitrogens with one attached hydrogen (secondary N) is 1. The third-order valence-electron chi connectivity index (χ3n) is 4.01. The fraction of sp³-hybridized carbons (Fsp3) is 0.500. The van der Waals surface area contributed by atoms with Crippen LogP contribution < -0.4 is 10.9 Å². The van der Waals surface area contributed by atoms with Gasteiger partial charge in [-0.05, 0) is 49.7 Å². The van der Waals surface area contributed by atoms with Crippen molar-refractivity contribution in [2.24, 2.45) is 0 Å². The lowest BCUT2D eigenvalue weighted by Crippen LogP contribution is -2.29. The van der Waals surface area contributed by atoms with Gasteiger partial charge in [-0.25, -0.2) is 0 Å². The number of pyridine rings is 1. The molecule has 3 nitrogen and oxygen atoms in total. The minimum atomic E-state index is 0.127. The van der Waals surface area contributed by atoms with Crippen LogP contribution in [0, 0.1) is 0 Å². The van der Waals surface area contributed by atoms with Crippen LogP contribution in [-0.4, -0.2) is 17.2 Å². The maximum absolute atomic E-state index is 12.4. The molecule has 21 heavy (non-hydrogen) atoms. The van der Waals surface area contributed by atoms with Gasteiger partial charge in [-0.2, -0.15) is 0 Å². The molecule has 2 aromatic rings. The van der Waals surface area contributed by atoms with Crippen molar-refractivity contribution in [3.63, 3.8) is 0 Å². The fourth-order valence-electron chi connectivity index (χ4n) is 2.71. The molecule has 0 bridgehead atoms. The Balaban J connectivity index is 1.97. The van der Waals surface area contributed by atoms with Crippen LogP contribution in [0.15, 0.2) is 41.3 Å². The molecule has 2 rings (SSSR count). The Bertz CT molecular complexity index is 618. The van der Waals surface area contributed by atoms with E-state index in [1.807, 2.05) is 41.1 Å². The highest BCUT2D eigenvalue weighted by atomic mass is 16.1. The summed E-state index contributed by atoms with van der Waals surface area (Å²) in [6, 6.07) is 10.4. The standard InChI is InChI=1S/C18H26N2O/c1-3-12-19-16(4-2)9-7-13-20-14-11-15-8-5-6-10-17(15)18(20)21/h5-6,8,10-11,14,16,19H,3-4,7,9,12-13H2,1-2H3. The van der Waals surface area contributed by atoms with Gasteiger partial charge in [0, 0.05) is 24.2 Å². The molecule has 1 aromatic carbocycles. The number of benzene rings is 1. The first-order valence-corrected chi connectivity index (χ1v) is 8.07. The molecule has 1 heterocycles. The number of aryl methyl sites for hydroxylation is 1. The second kappa shape index (κ2) is 7.99. The molecule has 114 valence electrons. The summed E-state index contributed by atoms with van der Waals surface area (Å²) in [5, 5.41) is 5.40. The molecule has 0 aliphatic heterocycles. The quantitative estimate of drug-likeness (QED) is 0.805. The van der Waals surface area contributed by atoms with E-state index < -0.39 is 0 Å². The molecule has 0 spiro atoms. The van der Waals surface area contributed by atoms with Crippen molar-refractivity contribution >= 4 is 10.8 Å². The predicted octanol–water partition coefficient (Wildman–Crippen LogP) is 3.56. The van der Waals surface area contributed by atoms with Crippen molar-refractivity contribution in [1.82, 2.24) is 9.88 Å². The van der Waals surface area contributed by atoms with Crippen molar-refractivity contribution in [2.75, 3.05) is 6.54 Å². The maximum atomic E-state index is 12.4. The topological polar surface area (TPSA) is 34.0 Å². The largest absolute Gasteiger partial charge is 0.315 e. The van der Waals surface area contributed by atoms with Gasteiger partial charge >= 0.3 is 0 Å². The van der Waals surface area contributed by atoms with Gasteiger partial charge in [0.15, 0.2) is 0 Å². The van der Waals surface area contributed by atoms with Crippen LogP contribution in [0.5, 0.6) is 0 Å². The molecule has 0 amide bonds. The molecule has 0 aliphatic carbocycles. The highest BCUT2D eigenvalue weighted by Gasteiger charge is 2.06. The Morgan fingerprint density at radius 3 is 2.76 bits per heavy atom. The van der Waals surface area contributed by atoms with Crippen LogP contribution in [0.2, 0.25) is 0 Å². The average Bonchev–Trinajstić information content (AvgIpc) is 2.53. The van der Waals surface area contributed by atoms with Crippen LogP contribution >= 0.6 is 0 Å². The lowest BCUT2D eigenvalue weighted by atomic mass is 10.1. The molecule has 0 fully saturated rings. The minimum absolute atomic E-state index is 0.127. The van der Waals surface area contributed by atoms with Crippen molar-refractivity contribution in [1.29, 1.82) is 0 Å². The van der Waals surface area contributed by atoms with E-state index in [0.717, 1.165) is 43.1 Å². The SMILES string of the molecule is CCCNC(CC)CCCn1ccc2ccccc2c1=O. The number of nitrogens with zero attached hydrogens (tertiary/aromatic N) is 1. The summed E-state index contributed by atoms with van der Waals surface area (Å²) < 4.78 is 1.84. The van der Waals surface area contributed by atoms with E-state index in [0.29, 0.717) is 6.04 Å². The van der Waals surface area contributed by atoms with Crippen LogP contribution in [0.4, 0.5) is 0 Å². The molecule has 1 atom stereocenters. The Kier molecular flexibility index (Phi) is 6.00. The van der Waals surface area contributed by atoms with E-state index in [-0.39, 0.29) is 5.56 Å². The van der Waals surface area contributed by atoms with Crippen molar-refractivity contribution < 1.29 is 0 Å². The summed E-state index contributed by atoms with van der Waals surface area (Å²) in [6.45, 7) is 6.28. The first-order valence-electron chi connectivity index (χ1n) is 8.07. The Labute approximate surface area is 127 Å². The molecule has 3 heteroatoms. The van der Waals surface area contributed by atoms with Gasteiger partial charge in [0.1, 0.15) is 0 Å². The van der Waals surface area contributed by atoms with Crippen LogP contribution in [-0.2, 0) is 6.54 Å². The summed E-state index contributed by atoms with van der Waals surface area (Å²) >= 11 is 0. The summed E-state index contributed by atoms with van der Waals surface area (Å²) in [6.07, 6.45) is 6.39. The highest BCUT2D eigenvalue weighted by Crippen LogP contribution is 2.09. The molecule has 1 aromatic heterocycles. The monoisotopic (exact) mass is 286 g/mol. The second-order valence-electron chi connectivity index (χ2n) is 5.60. The zero-order valence-corrected chi connectivity index (χ0v) is 13.1. The van der Waals surface area contributed by atoms with Crippen LogP contribution in [0.3, 0.4) is 0 Å². The predicted molar refractivity (Wildman–Crippen MR) is 89.8 cm³/mol. The maximum Gasteiger partial charge on any atom is 0.258 e. The fourth-order valence-corrected chi connectivity index (χ4v) is 2.71. The molecule has 1 N–H and O–H groups in total. The van der Waals surface area contributed by atoms with Gasteiger partial charge in [0.2, 0.25) is 0 Å².